The molecule has 0 spiro atoms. The van der Waals surface area contributed by atoms with E-state index in [4.69, 9.17) is 5.73 Å². The summed E-state index contributed by atoms with van der Waals surface area (Å²) in [6.45, 7) is 2.90. The first-order valence-corrected chi connectivity index (χ1v) is 8.62. The number of hydrogen-bond donors (Lipinski definition) is 2. The zero-order valence-electron chi connectivity index (χ0n) is 14.0. The van der Waals surface area contributed by atoms with E-state index in [2.05, 4.69) is 21.2 Å². The van der Waals surface area contributed by atoms with Gasteiger partial charge in [-0.25, -0.2) is 0 Å². The maximum absolute atomic E-state index is 12.9. The molecule has 1 aliphatic heterocycles. The highest BCUT2D eigenvalue weighted by Gasteiger charge is 2.50. The predicted octanol–water partition coefficient (Wildman–Crippen LogP) is 0.860. The van der Waals surface area contributed by atoms with Crippen molar-refractivity contribution in [2.75, 3.05) is 13.1 Å². The van der Waals surface area contributed by atoms with Crippen molar-refractivity contribution in [1.82, 2.24) is 10.2 Å². The van der Waals surface area contributed by atoms with E-state index in [-0.39, 0.29) is 31.2 Å². The highest BCUT2D eigenvalue weighted by Crippen LogP contribution is 2.29. The van der Waals surface area contributed by atoms with E-state index < -0.39 is 23.3 Å². The number of ketones is 1. The van der Waals surface area contributed by atoms with E-state index in [0.29, 0.717) is 5.56 Å². The van der Waals surface area contributed by atoms with Crippen molar-refractivity contribution < 1.29 is 19.2 Å². The number of nitrogens with two attached hydrogens (primary N) is 1. The van der Waals surface area contributed by atoms with Crippen LogP contribution in [0.2, 0.25) is 0 Å². The number of benzene rings is 1. The Labute approximate surface area is 154 Å². The zero-order chi connectivity index (χ0) is 18.8. The van der Waals surface area contributed by atoms with Gasteiger partial charge in [0, 0.05) is 16.5 Å². The number of halogens is 1. The predicted molar refractivity (Wildman–Crippen MR) is 94.6 cm³/mol. The molecule has 1 atom stereocenters. The molecule has 0 saturated carbocycles. The average molecular weight is 410 g/mol. The largest absolute Gasteiger partial charge is 0.368 e. The SMILES string of the molecule is CC(C)C1(CC(=O)c2ccc(Br)cc2)NC(=O)CN(CC(N)=O)C1=O. The Balaban J connectivity index is 2.34. The Morgan fingerprint density at radius 2 is 1.88 bits per heavy atom. The maximum Gasteiger partial charge on any atom is 0.250 e. The minimum Gasteiger partial charge on any atom is -0.368 e. The van der Waals surface area contributed by atoms with Crippen LogP contribution in [0.25, 0.3) is 0 Å². The summed E-state index contributed by atoms with van der Waals surface area (Å²) in [5, 5.41) is 2.68. The van der Waals surface area contributed by atoms with Crippen LogP contribution in [-0.2, 0) is 14.4 Å². The summed E-state index contributed by atoms with van der Waals surface area (Å²) in [4.78, 5) is 50.0. The Bertz CT molecular complexity index is 715. The monoisotopic (exact) mass is 409 g/mol. The molecule has 25 heavy (non-hydrogen) atoms. The van der Waals surface area contributed by atoms with Gasteiger partial charge in [0.1, 0.15) is 12.1 Å². The third kappa shape index (κ3) is 4.07. The summed E-state index contributed by atoms with van der Waals surface area (Å²) in [5.41, 5.74) is 4.21. The third-order valence-corrected chi connectivity index (χ3v) is 4.83. The molecule has 0 radical (unpaired) electrons. The van der Waals surface area contributed by atoms with E-state index >= 15 is 0 Å². The number of rotatable bonds is 6. The fourth-order valence-electron chi connectivity index (χ4n) is 2.89. The van der Waals surface area contributed by atoms with E-state index in [1.54, 1.807) is 38.1 Å². The quantitative estimate of drug-likeness (QED) is 0.678. The van der Waals surface area contributed by atoms with Gasteiger partial charge in [-0.05, 0) is 18.1 Å². The Morgan fingerprint density at radius 3 is 2.40 bits per heavy atom. The van der Waals surface area contributed by atoms with Crippen molar-refractivity contribution in [3.63, 3.8) is 0 Å². The lowest BCUT2D eigenvalue weighted by atomic mass is 9.78. The number of hydrogen-bond acceptors (Lipinski definition) is 4. The van der Waals surface area contributed by atoms with E-state index in [9.17, 15) is 19.2 Å². The fraction of sp³-hybridized carbons (Fsp3) is 0.412. The van der Waals surface area contributed by atoms with Crippen LogP contribution >= 0.6 is 15.9 Å². The second-order valence-electron chi connectivity index (χ2n) is 6.41. The number of nitrogens with one attached hydrogen (secondary N) is 1. The standard InChI is InChI=1S/C17H20BrN3O4/c1-10(2)17(7-13(22)11-3-5-12(18)6-4-11)16(25)21(8-14(19)23)9-15(24)20-17/h3-6,10H,7-9H2,1-2H3,(H2,19,23)(H,20,24). The van der Waals surface area contributed by atoms with Gasteiger partial charge in [-0.2, -0.15) is 0 Å². The van der Waals surface area contributed by atoms with E-state index in [0.717, 1.165) is 9.37 Å². The van der Waals surface area contributed by atoms with Gasteiger partial charge in [0.05, 0.1) is 6.54 Å². The molecule has 8 heteroatoms. The lowest BCUT2D eigenvalue weighted by molar-refractivity contribution is -0.153. The molecule has 2 rings (SSSR count). The van der Waals surface area contributed by atoms with Crippen molar-refractivity contribution in [3.8, 4) is 0 Å². The van der Waals surface area contributed by atoms with Crippen molar-refractivity contribution in [1.29, 1.82) is 0 Å². The molecule has 0 aromatic heterocycles. The van der Waals surface area contributed by atoms with Gasteiger partial charge in [-0.15, -0.1) is 0 Å². The summed E-state index contributed by atoms with van der Waals surface area (Å²) < 4.78 is 0.831. The molecule has 1 aliphatic rings. The number of carbonyl (C=O) groups excluding carboxylic acids is 4. The van der Waals surface area contributed by atoms with Gasteiger partial charge in [-0.1, -0.05) is 41.9 Å². The Hall–Kier alpha value is -2.22. The van der Waals surface area contributed by atoms with Crippen molar-refractivity contribution >= 4 is 39.4 Å². The number of primary amides is 1. The highest BCUT2D eigenvalue weighted by molar-refractivity contribution is 9.10. The van der Waals surface area contributed by atoms with Crippen LogP contribution in [0.3, 0.4) is 0 Å². The zero-order valence-corrected chi connectivity index (χ0v) is 15.6. The molecule has 1 unspecified atom stereocenters. The fourth-order valence-corrected chi connectivity index (χ4v) is 3.16. The van der Waals surface area contributed by atoms with Gasteiger partial charge < -0.3 is 16.0 Å². The van der Waals surface area contributed by atoms with Crippen LogP contribution < -0.4 is 11.1 Å². The van der Waals surface area contributed by atoms with Gasteiger partial charge >= 0.3 is 0 Å². The van der Waals surface area contributed by atoms with Crippen LogP contribution in [-0.4, -0.2) is 47.0 Å². The van der Waals surface area contributed by atoms with Crippen LogP contribution in [0.5, 0.6) is 0 Å². The molecule has 134 valence electrons. The van der Waals surface area contributed by atoms with E-state index in [1.807, 2.05) is 0 Å². The first-order chi connectivity index (χ1) is 11.7. The normalized spacial score (nSPS) is 20.6. The van der Waals surface area contributed by atoms with Crippen molar-refractivity contribution in [3.05, 3.63) is 34.3 Å². The molecule has 1 fully saturated rings. The molecule has 7 nitrogen and oxygen atoms in total. The maximum atomic E-state index is 12.9. The number of piperazine rings is 1. The van der Waals surface area contributed by atoms with E-state index in [1.165, 1.54) is 0 Å². The van der Waals surface area contributed by atoms with Crippen molar-refractivity contribution in [2.24, 2.45) is 11.7 Å². The lowest BCUT2D eigenvalue weighted by Gasteiger charge is -2.44. The summed E-state index contributed by atoms with van der Waals surface area (Å²) in [6, 6.07) is 6.76. The van der Waals surface area contributed by atoms with Gasteiger partial charge in [-0.3, -0.25) is 19.2 Å². The average Bonchev–Trinajstić information content (AvgIpc) is 2.51. The number of nitrogens with zero attached hydrogens (tertiary/aromatic N) is 1. The van der Waals surface area contributed by atoms with Crippen LogP contribution in [0.15, 0.2) is 28.7 Å². The molecule has 1 aromatic carbocycles. The van der Waals surface area contributed by atoms with Gasteiger partial charge in [0.15, 0.2) is 5.78 Å². The minimum absolute atomic E-state index is 0.188. The first kappa shape index (κ1) is 19.1. The Morgan fingerprint density at radius 1 is 1.28 bits per heavy atom. The molecule has 1 saturated heterocycles. The smallest absolute Gasteiger partial charge is 0.250 e. The third-order valence-electron chi connectivity index (χ3n) is 4.30. The molecule has 3 N–H and O–H groups in total. The van der Waals surface area contributed by atoms with Gasteiger partial charge in [0.2, 0.25) is 17.7 Å². The molecular weight excluding hydrogens is 390 g/mol. The van der Waals surface area contributed by atoms with Crippen LogP contribution in [0, 0.1) is 5.92 Å². The molecule has 1 aromatic rings. The van der Waals surface area contributed by atoms with Crippen molar-refractivity contribution in [2.45, 2.75) is 25.8 Å². The summed E-state index contributed by atoms with van der Waals surface area (Å²) in [6.07, 6.45) is -0.188. The van der Waals surface area contributed by atoms with Crippen LogP contribution in [0.1, 0.15) is 30.6 Å². The minimum atomic E-state index is -1.39. The molecular formula is C17H20BrN3O4. The number of Topliss-reactive ketones (excluding diaryl/α,β-unsaturated/α-hetero) is 1. The lowest BCUT2D eigenvalue weighted by Crippen LogP contribution is -2.70. The molecule has 1 heterocycles. The summed E-state index contributed by atoms with van der Waals surface area (Å²) in [7, 11) is 0. The molecule has 3 amide bonds. The summed E-state index contributed by atoms with van der Waals surface area (Å²) >= 11 is 3.30. The second-order valence-corrected chi connectivity index (χ2v) is 7.32. The van der Waals surface area contributed by atoms with Crippen LogP contribution in [0.4, 0.5) is 0 Å². The Kier molecular flexibility index (Phi) is 5.62. The summed E-state index contributed by atoms with van der Waals surface area (Å²) in [5.74, 6) is -2.21. The highest BCUT2D eigenvalue weighted by atomic mass is 79.9. The van der Waals surface area contributed by atoms with Gasteiger partial charge in [0.25, 0.3) is 0 Å². The first-order valence-electron chi connectivity index (χ1n) is 7.83. The number of carbonyl (C=O) groups is 4. The topological polar surface area (TPSA) is 110 Å². The molecule has 0 aliphatic carbocycles. The number of amides is 3. The second kappa shape index (κ2) is 7.35. The molecule has 0 bridgehead atoms.